The van der Waals surface area contributed by atoms with E-state index in [1.165, 1.54) is 0 Å². The third-order valence-electron chi connectivity index (χ3n) is 2.79. The predicted molar refractivity (Wildman–Crippen MR) is 70.2 cm³/mol. The average molecular weight is 237 g/mol. The van der Waals surface area contributed by atoms with Gasteiger partial charge in [0.15, 0.2) is 0 Å². The summed E-state index contributed by atoms with van der Waals surface area (Å²) in [4.78, 5) is 10.9. The molecular formula is C13H23N3O. The molecule has 1 aromatic rings. The van der Waals surface area contributed by atoms with Crippen LogP contribution < -0.4 is 4.90 Å². The van der Waals surface area contributed by atoms with E-state index in [1.54, 1.807) is 0 Å². The number of hydrogen-bond donors (Lipinski definition) is 1. The van der Waals surface area contributed by atoms with E-state index < -0.39 is 0 Å². The third-order valence-corrected chi connectivity index (χ3v) is 2.79. The Hall–Kier alpha value is -1.16. The first-order valence-electron chi connectivity index (χ1n) is 6.28. The lowest BCUT2D eigenvalue weighted by molar-refractivity contribution is 0.276. The van der Waals surface area contributed by atoms with Gasteiger partial charge < -0.3 is 10.0 Å². The van der Waals surface area contributed by atoms with Crippen LogP contribution in [0, 0.1) is 0 Å². The van der Waals surface area contributed by atoms with Crippen molar-refractivity contribution in [3.05, 3.63) is 17.7 Å². The molecule has 4 nitrogen and oxygen atoms in total. The topological polar surface area (TPSA) is 49.2 Å². The van der Waals surface area contributed by atoms with Crippen molar-refractivity contribution in [3.63, 3.8) is 0 Å². The minimum Gasteiger partial charge on any atom is -0.390 e. The molecule has 96 valence electrons. The average Bonchev–Trinajstić information content (AvgIpc) is 2.34. The van der Waals surface area contributed by atoms with Gasteiger partial charge in [-0.3, -0.25) is 0 Å². The molecule has 0 aliphatic carbocycles. The van der Waals surface area contributed by atoms with E-state index in [2.05, 4.69) is 35.6 Å². The molecule has 0 saturated heterocycles. The van der Waals surface area contributed by atoms with Crippen molar-refractivity contribution in [1.29, 1.82) is 0 Å². The highest BCUT2D eigenvalue weighted by Gasteiger charge is 2.11. The van der Waals surface area contributed by atoms with E-state index in [0.717, 1.165) is 36.6 Å². The fourth-order valence-corrected chi connectivity index (χ4v) is 1.66. The van der Waals surface area contributed by atoms with Gasteiger partial charge in [0, 0.05) is 19.5 Å². The molecule has 0 radical (unpaired) electrons. The normalized spacial score (nSPS) is 10.9. The fourth-order valence-electron chi connectivity index (χ4n) is 1.66. The summed E-state index contributed by atoms with van der Waals surface area (Å²) in [6.45, 7) is 7.20. The summed E-state index contributed by atoms with van der Waals surface area (Å²) in [5.41, 5.74) is 1.66. The van der Waals surface area contributed by atoms with Crippen molar-refractivity contribution in [2.45, 2.75) is 46.1 Å². The molecular weight excluding hydrogens is 214 g/mol. The second-order valence-corrected chi connectivity index (χ2v) is 4.65. The molecule has 0 spiro atoms. The van der Waals surface area contributed by atoms with Crippen LogP contribution in [0.3, 0.4) is 0 Å². The Balaban J connectivity index is 2.91. The van der Waals surface area contributed by atoms with Gasteiger partial charge in [-0.15, -0.1) is 0 Å². The monoisotopic (exact) mass is 237 g/mol. The van der Waals surface area contributed by atoms with E-state index in [4.69, 9.17) is 0 Å². The van der Waals surface area contributed by atoms with Crippen molar-refractivity contribution < 1.29 is 5.11 Å². The van der Waals surface area contributed by atoms with Crippen LogP contribution in [-0.4, -0.2) is 28.7 Å². The van der Waals surface area contributed by atoms with Gasteiger partial charge in [-0.25, -0.2) is 9.97 Å². The minimum absolute atomic E-state index is 0.0337. The predicted octanol–water partition coefficient (Wildman–Crippen LogP) is 2.33. The summed E-state index contributed by atoms with van der Waals surface area (Å²) in [6, 6.07) is 0. The summed E-state index contributed by atoms with van der Waals surface area (Å²) in [5.74, 6) is 1.08. The van der Waals surface area contributed by atoms with E-state index in [9.17, 15) is 5.11 Å². The Morgan fingerprint density at radius 1 is 1.41 bits per heavy atom. The maximum Gasteiger partial charge on any atom is 0.131 e. The van der Waals surface area contributed by atoms with Gasteiger partial charge in [-0.1, -0.05) is 27.2 Å². The number of hydrogen-bond acceptors (Lipinski definition) is 4. The van der Waals surface area contributed by atoms with Crippen LogP contribution in [0.5, 0.6) is 0 Å². The van der Waals surface area contributed by atoms with E-state index >= 15 is 0 Å². The molecule has 0 bridgehead atoms. The quantitative estimate of drug-likeness (QED) is 0.825. The standard InChI is InChI=1S/C13H23N3O/c1-5-6-7-16(4)12-8-14-13(10(2)3)15-11(12)9-17/h8,10,17H,5-7,9H2,1-4H3. The first-order valence-corrected chi connectivity index (χ1v) is 6.28. The molecule has 0 amide bonds. The van der Waals surface area contributed by atoms with Crippen LogP contribution in [0.2, 0.25) is 0 Å². The van der Waals surface area contributed by atoms with E-state index in [-0.39, 0.29) is 12.5 Å². The van der Waals surface area contributed by atoms with Crippen LogP contribution in [0.15, 0.2) is 6.20 Å². The Morgan fingerprint density at radius 3 is 2.65 bits per heavy atom. The van der Waals surface area contributed by atoms with Crippen LogP contribution in [0.1, 0.15) is 51.0 Å². The Bertz CT molecular complexity index is 353. The summed E-state index contributed by atoms with van der Waals surface area (Å²) < 4.78 is 0. The Labute approximate surface area is 104 Å². The molecule has 4 heteroatoms. The maximum atomic E-state index is 9.38. The van der Waals surface area contributed by atoms with Crippen LogP contribution >= 0.6 is 0 Å². The number of aliphatic hydroxyl groups is 1. The molecule has 0 saturated carbocycles. The lowest BCUT2D eigenvalue weighted by Gasteiger charge is -2.21. The highest BCUT2D eigenvalue weighted by Crippen LogP contribution is 2.19. The summed E-state index contributed by atoms with van der Waals surface area (Å²) in [5, 5.41) is 9.38. The van der Waals surface area contributed by atoms with Crippen molar-refractivity contribution >= 4 is 5.69 Å². The summed E-state index contributed by atoms with van der Waals surface area (Å²) in [7, 11) is 2.02. The first kappa shape index (κ1) is 13.9. The third kappa shape index (κ3) is 3.66. The summed E-state index contributed by atoms with van der Waals surface area (Å²) in [6.07, 6.45) is 4.11. The molecule has 0 fully saturated rings. The van der Waals surface area contributed by atoms with Gasteiger partial charge in [0.05, 0.1) is 24.2 Å². The number of nitrogens with zero attached hydrogens (tertiary/aromatic N) is 3. The fraction of sp³-hybridized carbons (Fsp3) is 0.692. The SMILES string of the molecule is CCCCN(C)c1cnc(C(C)C)nc1CO. The number of unbranched alkanes of at least 4 members (excludes halogenated alkanes) is 1. The van der Waals surface area contributed by atoms with Crippen LogP contribution in [-0.2, 0) is 6.61 Å². The smallest absolute Gasteiger partial charge is 0.131 e. The second-order valence-electron chi connectivity index (χ2n) is 4.65. The van der Waals surface area contributed by atoms with E-state index in [1.807, 2.05) is 13.2 Å². The molecule has 0 aromatic carbocycles. The highest BCUT2D eigenvalue weighted by molar-refractivity contribution is 5.48. The molecule has 1 heterocycles. The number of rotatable bonds is 6. The van der Waals surface area contributed by atoms with Gasteiger partial charge in [-0.05, 0) is 6.42 Å². The zero-order valence-corrected chi connectivity index (χ0v) is 11.3. The van der Waals surface area contributed by atoms with Gasteiger partial charge >= 0.3 is 0 Å². The van der Waals surface area contributed by atoms with Crippen LogP contribution in [0.4, 0.5) is 5.69 Å². The van der Waals surface area contributed by atoms with Gasteiger partial charge in [0.2, 0.25) is 0 Å². The Kier molecular flexibility index (Phi) is 5.35. The molecule has 1 aromatic heterocycles. The Morgan fingerprint density at radius 2 is 2.12 bits per heavy atom. The second kappa shape index (κ2) is 6.55. The van der Waals surface area contributed by atoms with Crippen molar-refractivity contribution in [3.8, 4) is 0 Å². The molecule has 0 aliphatic heterocycles. The van der Waals surface area contributed by atoms with Crippen molar-refractivity contribution in [1.82, 2.24) is 9.97 Å². The molecule has 1 rings (SSSR count). The lowest BCUT2D eigenvalue weighted by atomic mass is 10.2. The number of aromatic nitrogens is 2. The number of anilines is 1. The highest BCUT2D eigenvalue weighted by atomic mass is 16.3. The van der Waals surface area contributed by atoms with Crippen molar-refractivity contribution in [2.24, 2.45) is 0 Å². The minimum atomic E-state index is -0.0337. The van der Waals surface area contributed by atoms with Gasteiger partial charge in [0.1, 0.15) is 5.82 Å². The summed E-state index contributed by atoms with van der Waals surface area (Å²) >= 11 is 0. The molecule has 1 N–H and O–H groups in total. The molecule has 0 unspecified atom stereocenters. The van der Waals surface area contributed by atoms with Gasteiger partial charge in [0.25, 0.3) is 0 Å². The van der Waals surface area contributed by atoms with Gasteiger partial charge in [-0.2, -0.15) is 0 Å². The molecule has 0 aliphatic rings. The molecule has 0 atom stereocenters. The number of aliphatic hydroxyl groups excluding tert-OH is 1. The maximum absolute atomic E-state index is 9.38. The van der Waals surface area contributed by atoms with Crippen LogP contribution in [0.25, 0.3) is 0 Å². The van der Waals surface area contributed by atoms with E-state index in [0.29, 0.717) is 0 Å². The van der Waals surface area contributed by atoms with Crippen molar-refractivity contribution in [2.75, 3.05) is 18.5 Å². The zero-order valence-electron chi connectivity index (χ0n) is 11.3. The zero-order chi connectivity index (χ0) is 12.8. The lowest BCUT2D eigenvalue weighted by Crippen LogP contribution is -2.21. The first-order chi connectivity index (χ1) is 8.10. The molecule has 17 heavy (non-hydrogen) atoms. The largest absolute Gasteiger partial charge is 0.390 e.